The van der Waals surface area contributed by atoms with Gasteiger partial charge in [0.1, 0.15) is 6.54 Å². The molecule has 1 aliphatic heterocycles. The number of nitro benzene ring substituents is 1. The first-order chi connectivity index (χ1) is 14.4. The summed E-state index contributed by atoms with van der Waals surface area (Å²) < 4.78 is 25.9. The molecule has 2 aromatic rings. The normalized spacial score (nSPS) is 13.5. The van der Waals surface area contributed by atoms with Crippen molar-refractivity contribution < 1.29 is 27.7 Å². The summed E-state index contributed by atoms with van der Waals surface area (Å²) in [6, 6.07) is 7.57. The van der Waals surface area contributed by atoms with Crippen LogP contribution < -0.4 is 5.32 Å². The van der Waals surface area contributed by atoms with Crippen LogP contribution >= 0.6 is 0 Å². The van der Waals surface area contributed by atoms with Crippen molar-refractivity contribution in [3.63, 3.8) is 0 Å². The van der Waals surface area contributed by atoms with Crippen LogP contribution in [-0.2, 0) is 14.8 Å². The van der Waals surface area contributed by atoms with E-state index in [0.29, 0.717) is 10.5 Å². The molecule has 1 aliphatic rings. The lowest BCUT2D eigenvalue weighted by Gasteiger charge is -2.16. The van der Waals surface area contributed by atoms with Crippen LogP contribution in [-0.4, -0.2) is 60.9 Å². The molecule has 0 aliphatic carbocycles. The van der Waals surface area contributed by atoms with Crippen LogP contribution in [0.4, 0.5) is 11.4 Å². The number of carbonyl (C=O) groups is 3. The fourth-order valence-electron chi connectivity index (χ4n) is 3.03. The summed E-state index contributed by atoms with van der Waals surface area (Å²) >= 11 is 0. The van der Waals surface area contributed by atoms with Gasteiger partial charge in [0, 0.05) is 31.9 Å². The Morgan fingerprint density at radius 2 is 1.74 bits per heavy atom. The number of aryl methyl sites for hydroxylation is 1. The number of nitro groups is 1. The first-order valence-corrected chi connectivity index (χ1v) is 10.3. The number of rotatable bonds is 6. The molecule has 0 unspecified atom stereocenters. The van der Waals surface area contributed by atoms with Gasteiger partial charge in [0.2, 0.25) is 15.9 Å². The number of amides is 3. The van der Waals surface area contributed by atoms with Crippen molar-refractivity contribution in [3.05, 3.63) is 63.2 Å². The van der Waals surface area contributed by atoms with E-state index < -0.39 is 39.2 Å². The van der Waals surface area contributed by atoms with Gasteiger partial charge in [-0.1, -0.05) is 6.07 Å². The lowest BCUT2D eigenvalue weighted by Crippen LogP contribution is -2.37. The summed E-state index contributed by atoms with van der Waals surface area (Å²) in [6.45, 7) is 0.976. The number of nitrogens with zero attached hydrogens (tertiary/aromatic N) is 3. The number of hydrogen-bond acceptors (Lipinski definition) is 7. The highest BCUT2D eigenvalue weighted by molar-refractivity contribution is 7.89. The van der Waals surface area contributed by atoms with Crippen LogP contribution in [0.2, 0.25) is 0 Å². The van der Waals surface area contributed by atoms with Crippen molar-refractivity contribution in [2.75, 3.05) is 26.0 Å². The number of anilines is 1. The molecule has 0 saturated carbocycles. The molecule has 3 rings (SSSR count). The maximum absolute atomic E-state index is 12.5. The first kappa shape index (κ1) is 22.1. The van der Waals surface area contributed by atoms with Gasteiger partial charge >= 0.3 is 0 Å². The van der Waals surface area contributed by atoms with Crippen molar-refractivity contribution in [3.8, 4) is 0 Å². The van der Waals surface area contributed by atoms with Crippen molar-refractivity contribution in [2.45, 2.75) is 11.8 Å². The van der Waals surface area contributed by atoms with Crippen molar-refractivity contribution >= 4 is 39.1 Å². The highest BCUT2D eigenvalue weighted by Gasteiger charge is 2.37. The average Bonchev–Trinajstić information content (AvgIpc) is 2.93. The number of fused-ring (bicyclic) bond motifs is 1. The van der Waals surface area contributed by atoms with Crippen LogP contribution in [0.5, 0.6) is 0 Å². The van der Waals surface area contributed by atoms with Crippen molar-refractivity contribution in [1.82, 2.24) is 9.21 Å². The van der Waals surface area contributed by atoms with Gasteiger partial charge in [-0.15, -0.1) is 0 Å². The van der Waals surface area contributed by atoms with Gasteiger partial charge in [0.05, 0.1) is 20.9 Å². The maximum atomic E-state index is 12.5. The molecule has 0 bridgehead atoms. The number of imide groups is 1. The van der Waals surface area contributed by atoms with Gasteiger partial charge in [0.15, 0.2) is 0 Å². The zero-order chi connectivity index (χ0) is 23.1. The first-order valence-electron chi connectivity index (χ1n) is 8.91. The molecule has 162 valence electrons. The van der Waals surface area contributed by atoms with E-state index in [1.165, 1.54) is 38.4 Å². The maximum Gasteiger partial charge on any atom is 0.270 e. The molecular weight excluding hydrogens is 428 g/mol. The molecule has 0 fully saturated rings. The smallest absolute Gasteiger partial charge is 0.270 e. The highest BCUT2D eigenvalue weighted by Crippen LogP contribution is 2.27. The fourth-order valence-corrected chi connectivity index (χ4v) is 4.18. The van der Waals surface area contributed by atoms with E-state index in [-0.39, 0.29) is 27.4 Å². The zero-order valence-electron chi connectivity index (χ0n) is 16.8. The summed E-state index contributed by atoms with van der Waals surface area (Å²) in [5.74, 6) is -2.30. The minimum absolute atomic E-state index is 0.00309. The van der Waals surface area contributed by atoms with Gasteiger partial charge in [-0.3, -0.25) is 29.4 Å². The Bertz CT molecular complexity index is 1240. The largest absolute Gasteiger partial charge is 0.324 e. The summed E-state index contributed by atoms with van der Waals surface area (Å²) in [5, 5.41) is 13.4. The van der Waals surface area contributed by atoms with Crippen LogP contribution in [0.1, 0.15) is 26.3 Å². The predicted octanol–water partition coefficient (Wildman–Crippen LogP) is 1.39. The van der Waals surface area contributed by atoms with Crippen LogP contribution in [0.3, 0.4) is 0 Å². The molecule has 3 amide bonds. The fraction of sp³-hybridized carbons (Fsp3) is 0.211. The Kier molecular flexibility index (Phi) is 5.61. The third-order valence-electron chi connectivity index (χ3n) is 4.70. The number of nitrogens with one attached hydrogen (secondary N) is 1. The Balaban J connectivity index is 1.80. The lowest BCUT2D eigenvalue weighted by atomic mass is 10.1. The number of benzene rings is 2. The quantitative estimate of drug-likeness (QED) is 0.400. The van der Waals surface area contributed by atoms with E-state index in [2.05, 4.69) is 5.32 Å². The van der Waals surface area contributed by atoms with E-state index in [1.807, 2.05) is 0 Å². The topological polar surface area (TPSA) is 147 Å². The average molecular weight is 446 g/mol. The van der Waals surface area contributed by atoms with Gasteiger partial charge < -0.3 is 5.32 Å². The molecule has 0 radical (unpaired) electrons. The molecule has 0 atom stereocenters. The monoisotopic (exact) mass is 446 g/mol. The molecule has 31 heavy (non-hydrogen) atoms. The lowest BCUT2D eigenvalue weighted by molar-refractivity contribution is -0.384. The number of sulfonamides is 1. The van der Waals surface area contributed by atoms with Crippen LogP contribution in [0.15, 0.2) is 41.3 Å². The number of hydrogen-bond donors (Lipinski definition) is 1. The number of carbonyl (C=O) groups excluding carboxylic acids is 3. The standard InChI is InChI=1S/C19H18N4O7S/c1-11-4-5-12(8-16(11)31(29,30)21(2)3)20-17(24)10-22-18(25)14-7-6-13(23(27)28)9-15(14)19(22)26/h4-9H,10H2,1-3H3,(H,20,24). The Hall–Kier alpha value is -3.64. The third-order valence-corrected chi connectivity index (χ3v) is 6.65. The van der Waals surface area contributed by atoms with E-state index in [1.54, 1.807) is 6.92 Å². The van der Waals surface area contributed by atoms with E-state index in [0.717, 1.165) is 16.4 Å². The second-order valence-corrected chi connectivity index (χ2v) is 9.12. The van der Waals surface area contributed by atoms with Gasteiger partial charge in [-0.25, -0.2) is 12.7 Å². The molecule has 0 spiro atoms. The molecule has 1 N–H and O–H groups in total. The minimum atomic E-state index is -3.74. The second-order valence-electron chi connectivity index (χ2n) is 7.00. The van der Waals surface area contributed by atoms with E-state index in [4.69, 9.17) is 0 Å². The Labute approximate surface area is 177 Å². The van der Waals surface area contributed by atoms with Crippen molar-refractivity contribution in [2.24, 2.45) is 0 Å². The van der Waals surface area contributed by atoms with Gasteiger partial charge in [-0.05, 0) is 30.7 Å². The molecule has 2 aromatic carbocycles. The Morgan fingerprint density at radius 3 is 2.35 bits per heavy atom. The van der Waals surface area contributed by atoms with E-state index in [9.17, 15) is 32.9 Å². The SMILES string of the molecule is Cc1ccc(NC(=O)CN2C(=O)c3ccc([N+](=O)[O-])cc3C2=O)cc1S(=O)(=O)N(C)C. The molecule has 12 heteroatoms. The van der Waals surface area contributed by atoms with E-state index >= 15 is 0 Å². The van der Waals surface area contributed by atoms with Crippen LogP contribution in [0.25, 0.3) is 0 Å². The molecule has 11 nitrogen and oxygen atoms in total. The Morgan fingerprint density at radius 1 is 1.10 bits per heavy atom. The summed E-state index contributed by atoms with van der Waals surface area (Å²) in [6.07, 6.45) is 0. The minimum Gasteiger partial charge on any atom is -0.324 e. The van der Waals surface area contributed by atoms with Crippen molar-refractivity contribution in [1.29, 1.82) is 0 Å². The molecule has 0 saturated heterocycles. The summed E-state index contributed by atoms with van der Waals surface area (Å²) in [5.41, 5.74) is 0.122. The summed E-state index contributed by atoms with van der Waals surface area (Å²) in [7, 11) is -0.982. The second kappa shape index (κ2) is 7.89. The molecule has 0 aromatic heterocycles. The van der Waals surface area contributed by atoms with Crippen LogP contribution in [0, 0.1) is 17.0 Å². The highest BCUT2D eigenvalue weighted by atomic mass is 32.2. The van der Waals surface area contributed by atoms with Gasteiger partial charge in [0.25, 0.3) is 17.5 Å². The van der Waals surface area contributed by atoms with Gasteiger partial charge in [-0.2, -0.15) is 0 Å². The number of non-ortho nitro benzene ring substituents is 1. The molecular formula is C19H18N4O7S. The molecule has 1 heterocycles. The predicted molar refractivity (Wildman–Crippen MR) is 109 cm³/mol. The summed E-state index contributed by atoms with van der Waals surface area (Å²) in [4.78, 5) is 48.3. The zero-order valence-corrected chi connectivity index (χ0v) is 17.6. The third kappa shape index (κ3) is 4.02.